The lowest BCUT2D eigenvalue weighted by molar-refractivity contribution is -0.117. The van der Waals surface area contributed by atoms with Crippen LogP contribution in [0.2, 0.25) is 0 Å². The van der Waals surface area contributed by atoms with Gasteiger partial charge in [-0.3, -0.25) is 4.79 Å². The predicted molar refractivity (Wildman–Crippen MR) is 139 cm³/mol. The van der Waals surface area contributed by atoms with Crippen molar-refractivity contribution in [3.8, 4) is 21.0 Å². The number of nitrogens with zero attached hydrogens (tertiary/aromatic N) is 3. The van der Waals surface area contributed by atoms with Gasteiger partial charge in [0.2, 0.25) is 15.9 Å². The molecular weight excluding hydrogens is 468 g/mol. The number of anilines is 2. The van der Waals surface area contributed by atoms with Crippen LogP contribution in [0.25, 0.3) is 21.0 Å². The molecule has 0 spiro atoms. The van der Waals surface area contributed by atoms with Crippen LogP contribution in [0, 0.1) is 0 Å². The van der Waals surface area contributed by atoms with Gasteiger partial charge in [-0.2, -0.15) is 0 Å². The topological polar surface area (TPSA) is 82.6 Å². The molecule has 1 aliphatic rings. The van der Waals surface area contributed by atoms with E-state index in [0.29, 0.717) is 24.2 Å². The molecule has 2 heterocycles. The lowest BCUT2D eigenvalue weighted by Crippen LogP contribution is -2.40. The van der Waals surface area contributed by atoms with Crippen molar-refractivity contribution < 1.29 is 13.2 Å². The minimum Gasteiger partial charge on any atom is -0.378 e. The summed E-state index contributed by atoms with van der Waals surface area (Å²) in [6.45, 7) is 6.01. The van der Waals surface area contributed by atoms with E-state index in [4.69, 9.17) is 0 Å². The van der Waals surface area contributed by atoms with E-state index in [-0.39, 0.29) is 10.8 Å². The van der Waals surface area contributed by atoms with Crippen molar-refractivity contribution in [3.05, 3.63) is 48.7 Å². The Morgan fingerprint density at radius 2 is 1.79 bits per heavy atom. The molecule has 1 saturated heterocycles. The fourth-order valence-corrected chi connectivity index (χ4v) is 6.60. The molecule has 180 valence electrons. The first-order valence-corrected chi connectivity index (χ1v) is 13.5. The van der Waals surface area contributed by atoms with E-state index >= 15 is 0 Å². The zero-order chi connectivity index (χ0) is 24.7. The van der Waals surface area contributed by atoms with Crippen LogP contribution in [-0.2, 0) is 14.8 Å². The molecule has 0 aliphatic carbocycles. The first kappa shape index (κ1) is 24.4. The summed E-state index contributed by atoms with van der Waals surface area (Å²) in [5.41, 5.74) is 2.58. The Labute approximate surface area is 205 Å². The van der Waals surface area contributed by atoms with Gasteiger partial charge in [0.25, 0.3) is 0 Å². The van der Waals surface area contributed by atoms with Crippen molar-refractivity contribution in [3.63, 3.8) is 0 Å². The number of nitrogens with one attached hydrogen (secondary N) is 1. The molecule has 3 aromatic rings. The van der Waals surface area contributed by atoms with E-state index in [1.165, 1.54) is 11.3 Å². The average molecular weight is 499 g/mol. The Morgan fingerprint density at radius 3 is 2.38 bits per heavy atom. The van der Waals surface area contributed by atoms with Crippen molar-refractivity contribution >= 4 is 38.6 Å². The van der Waals surface area contributed by atoms with E-state index in [9.17, 15) is 13.2 Å². The standard InChI is InChI=1S/C25H30N4O3S2/c1-25(2,3)27-34(31,32)22-15-19(29-14-6-7-23(29)30)12-13-20(22)21-16-26-24(33-21)17-8-10-18(11-9-17)28(4)5/h8-13,15-16,27H,6-7,14H2,1-5H3. The van der Waals surface area contributed by atoms with Crippen molar-refractivity contribution in [2.75, 3.05) is 30.4 Å². The Balaban J connectivity index is 1.77. The van der Waals surface area contributed by atoms with Gasteiger partial charge in [-0.15, -0.1) is 11.3 Å². The van der Waals surface area contributed by atoms with Crippen molar-refractivity contribution in [2.24, 2.45) is 0 Å². The highest BCUT2D eigenvalue weighted by Crippen LogP contribution is 2.38. The summed E-state index contributed by atoms with van der Waals surface area (Å²) in [4.78, 5) is 21.5. The minimum absolute atomic E-state index is 0.0149. The molecule has 1 amide bonds. The Hall–Kier alpha value is -2.75. The first-order chi connectivity index (χ1) is 15.9. The number of hydrogen-bond acceptors (Lipinski definition) is 6. The van der Waals surface area contributed by atoms with E-state index in [1.807, 2.05) is 49.3 Å². The maximum Gasteiger partial charge on any atom is 0.241 e. The van der Waals surface area contributed by atoms with Crippen LogP contribution >= 0.6 is 11.3 Å². The predicted octanol–water partition coefficient (Wildman–Crippen LogP) is 4.75. The molecule has 0 unspecified atom stereocenters. The van der Waals surface area contributed by atoms with Gasteiger partial charge in [-0.05, 0) is 63.6 Å². The van der Waals surface area contributed by atoms with Gasteiger partial charge in [-0.25, -0.2) is 18.1 Å². The fourth-order valence-electron chi connectivity index (χ4n) is 3.92. The van der Waals surface area contributed by atoms with Crippen molar-refractivity contribution in [1.82, 2.24) is 9.71 Å². The molecule has 4 rings (SSSR count). The highest BCUT2D eigenvalue weighted by atomic mass is 32.2. The number of aromatic nitrogens is 1. The van der Waals surface area contributed by atoms with E-state index in [1.54, 1.807) is 44.0 Å². The Kier molecular flexibility index (Phi) is 6.54. The van der Waals surface area contributed by atoms with Crippen LogP contribution in [0.3, 0.4) is 0 Å². The number of amides is 1. The summed E-state index contributed by atoms with van der Waals surface area (Å²) in [7, 11) is 0.128. The number of carbonyl (C=O) groups excluding carboxylic acids is 1. The highest BCUT2D eigenvalue weighted by molar-refractivity contribution is 7.89. The number of sulfonamides is 1. The number of thiazole rings is 1. The van der Waals surface area contributed by atoms with Crippen LogP contribution in [0.15, 0.2) is 53.6 Å². The molecule has 0 radical (unpaired) electrons. The summed E-state index contributed by atoms with van der Waals surface area (Å²) in [5.74, 6) is 0.0149. The molecular formula is C25H30N4O3S2. The normalized spacial score (nSPS) is 14.6. The lowest BCUT2D eigenvalue weighted by atomic mass is 10.1. The number of rotatable bonds is 6. The van der Waals surface area contributed by atoms with E-state index < -0.39 is 15.6 Å². The Bertz CT molecular complexity index is 1310. The number of carbonyl (C=O) groups is 1. The van der Waals surface area contributed by atoms with Crippen molar-refractivity contribution in [1.29, 1.82) is 0 Å². The zero-order valence-electron chi connectivity index (χ0n) is 20.1. The van der Waals surface area contributed by atoms with Crippen LogP contribution < -0.4 is 14.5 Å². The molecule has 1 fully saturated rings. The second kappa shape index (κ2) is 9.13. The molecule has 34 heavy (non-hydrogen) atoms. The molecule has 1 aliphatic heterocycles. The van der Waals surface area contributed by atoms with E-state index in [2.05, 4.69) is 9.71 Å². The third kappa shape index (κ3) is 5.16. The monoisotopic (exact) mass is 498 g/mol. The Morgan fingerprint density at radius 1 is 1.09 bits per heavy atom. The van der Waals surface area contributed by atoms with Gasteiger partial charge >= 0.3 is 0 Å². The van der Waals surface area contributed by atoms with Crippen LogP contribution in [-0.4, -0.2) is 45.5 Å². The van der Waals surface area contributed by atoms with Gasteiger partial charge < -0.3 is 9.80 Å². The third-order valence-electron chi connectivity index (χ3n) is 5.48. The van der Waals surface area contributed by atoms with Gasteiger partial charge in [-0.1, -0.05) is 6.07 Å². The average Bonchev–Trinajstić information content (AvgIpc) is 3.41. The van der Waals surface area contributed by atoms with Crippen LogP contribution in [0.1, 0.15) is 33.6 Å². The molecule has 1 N–H and O–H groups in total. The fraction of sp³-hybridized carbons (Fsp3) is 0.360. The molecule has 1 aromatic heterocycles. The maximum atomic E-state index is 13.4. The summed E-state index contributed by atoms with van der Waals surface area (Å²) in [6.07, 6.45) is 2.97. The third-order valence-corrected chi connectivity index (χ3v) is 8.36. The van der Waals surface area contributed by atoms with Crippen LogP contribution in [0.5, 0.6) is 0 Å². The maximum absolute atomic E-state index is 13.4. The molecule has 0 saturated carbocycles. The smallest absolute Gasteiger partial charge is 0.241 e. The zero-order valence-corrected chi connectivity index (χ0v) is 21.8. The summed E-state index contributed by atoms with van der Waals surface area (Å²) in [5, 5.41) is 0.811. The molecule has 2 aromatic carbocycles. The largest absolute Gasteiger partial charge is 0.378 e. The molecule has 9 heteroatoms. The van der Waals surface area contributed by atoms with Crippen LogP contribution in [0.4, 0.5) is 11.4 Å². The quantitative estimate of drug-likeness (QED) is 0.531. The van der Waals surface area contributed by atoms with E-state index in [0.717, 1.165) is 27.6 Å². The summed E-state index contributed by atoms with van der Waals surface area (Å²) >= 11 is 1.44. The SMILES string of the molecule is CN(C)c1ccc(-c2ncc(-c3ccc(N4CCCC4=O)cc3S(=O)(=O)NC(C)(C)C)s2)cc1. The minimum atomic E-state index is -3.85. The first-order valence-electron chi connectivity index (χ1n) is 11.2. The lowest BCUT2D eigenvalue weighted by Gasteiger charge is -2.23. The van der Waals surface area contributed by atoms with Gasteiger partial charge in [0.1, 0.15) is 5.01 Å². The molecule has 7 nitrogen and oxygen atoms in total. The summed E-state index contributed by atoms with van der Waals surface area (Å²) < 4.78 is 29.6. The van der Waals surface area contributed by atoms with Gasteiger partial charge in [0, 0.05) is 61.3 Å². The molecule has 0 bridgehead atoms. The van der Waals surface area contributed by atoms with Crippen molar-refractivity contribution in [2.45, 2.75) is 44.0 Å². The summed E-state index contributed by atoms with van der Waals surface area (Å²) in [6, 6.07) is 13.3. The number of benzene rings is 2. The van der Waals surface area contributed by atoms with Gasteiger partial charge in [0.05, 0.1) is 9.77 Å². The van der Waals surface area contributed by atoms with Gasteiger partial charge in [0.15, 0.2) is 0 Å². The second-order valence-electron chi connectivity index (χ2n) is 9.66. The number of hydrogen-bond donors (Lipinski definition) is 1. The second-order valence-corrected chi connectivity index (χ2v) is 12.3. The highest BCUT2D eigenvalue weighted by Gasteiger charge is 2.29. The molecule has 0 atom stereocenters.